The van der Waals surface area contributed by atoms with E-state index >= 15 is 0 Å². The maximum Gasteiger partial charge on any atom is 0.226 e. The van der Waals surface area contributed by atoms with E-state index in [1.54, 1.807) is 0 Å². The van der Waals surface area contributed by atoms with Crippen LogP contribution in [0.15, 0.2) is 0 Å². The molecule has 0 aliphatic carbocycles. The summed E-state index contributed by atoms with van der Waals surface area (Å²) in [5, 5.41) is 0. The number of hydrogen-bond donors (Lipinski definition) is 0. The Bertz CT molecular complexity index is 155. The molecule has 0 unspecified atom stereocenters. The van der Waals surface area contributed by atoms with Crippen molar-refractivity contribution < 1.29 is 4.79 Å². The molecule has 1 aliphatic heterocycles. The quantitative estimate of drug-likeness (QED) is 0.673. The molecule has 70 valence electrons. The van der Waals surface area contributed by atoms with Gasteiger partial charge in [0, 0.05) is 18.2 Å². The van der Waals surface area contributed by atoms with E-state index < -0.39 is 0 Å². The van der Waals surface area contributed by atoms with Crippen LogP contribution < -0.4 is 0 Å². The molecule has 0 aromatic carbocycles. The fourth-order valence-electron chi connectivity index (χ4n) is 1.46. The van der Waals surface area contributed by atoms with Crippen LogP contribution in [0.1, 0.15) is 26.7 Å². The predicted octanol–water partition coefficient (Wildman–Crippen LogP) is 1.96. The lowest BCUT2D eigenvalue weighted by Crippen LogP contribution is -2.32. The largest absolute Gasteiger partial charge is 0.332 e. The minimum absolute atomic E-state index is 0.230. The van der Waals surface area contributed by atoms with Crippen LogP contribution in [-0.4, -0.2) is 29.0 Å². The van der Waals surface area contributed by atoms with Gasteiger partial charge in [-0.25, -0.2) is 0 Å². The number of nitrogens with zero attached hydrogens (tertiary/aromatic N) is 1. The van der Waals surface area contributed by atoms with Gasteiger partial charge in [-0.2, -0.15) is 0 Å². The first kappa shape index (κ1) is 9.90. The van der Waals surface area contributed by atoms with Crippen LogP contribution in [0.3, 0.4) is 0 Å². The summed E-state index contributed by atoms with van der Waals surface area (Å²) < 4.78 is 0. The van der Waals surface area contributed by atoms with Crippen LogP contribution in [0.25, 0.3) is 0 Å². The number of carbonyl (C=O) groups is 1. The monoisotopic (exact) mass is 187 g/mol. The van der Waals surface area contributed by atoms with Crippen molar-refractivity contribution >= 4 is 17.7 Å². The van der Waals surface area contributed by atoms with E-state index in [0.717, 1.165) is 31.0 Å². The second-order valence-electron chi connectivity index (χ2n) is 3.33. The van der Waals surface area contributed by atoms with Crippen molar-refractivity contribution in [1.29, 1.82) is 0 Å². The molecule has 1 fully saturated rings. The molecule has 1 aliphatic rings. The van der Waals surface area contributed by atoms with E-state index in [0.29, 0.717) is 5.91 Å². The number of hydrogen-bond acceptors (Lipinski definition) is 2. The highest BCUT2D eigenvalue weighted by Crippen LogP contribution is 2.17. The highest BCUT2D eigenvalue weighted by atomic mass is 32.2. The topological polar surface area (TPSA) is 20.3 Å². The van der Waals surface area contributed by atoms with Gasteiger partial charge in [0.05, 0.1) is 5.88 Å². The zero-order valence-corrected chi connectivity index (χ0v) is 8.69. The number of thioether (sulfide) groups is 1. The summed E-state index contributed by atoms with van der Waals surface area (Å²) in [5.41, 5.74) is 0. The van der Waals surface area contributed by atoms with Gasteiger partial charge in [0.2, 0.25) is 5.91 Å². The van der Waals surface area contributed by atoms with Crippen molar-refractivity contribution in [3.63, 3.8) is 0 Å². The molecular formula is C9H17NOS. The Morgan fingerprint density at radius 1 is 1.67 bits per heavy atom. The maximum atomic E-state index is 11.6. The molecule has 0 aromatic rings. The molecule has 1 amide bonds. The van der Waals surface area contributed by atoms with Gasteiger partial charge in [-0.05, 0) is 6.42 Å². The third kappa shape index (κ3) is 2.41. The van der Waals surface area contributed by atoms with Gasteiger partial charge >= 0.3 is 0 Å². The minimum Gasteiger partial charge on any atom is -0.332 e. The standard InChI is InChI=1S/C9H17NOS/c1-3-4-8(2)9(11)10-5-6-12-7-10/h8H,3-7H2,1-2H3/t8-/m0/s1. The molecule has 0 spiro atoms. The van der Waals surface area contributed by atoms with E-state index in [-0.39, 0.29) is 5.92 Å². The van der Waals surface area contributed by atoms with Gasteiger partial charge in [-0.3, -0.25) is 4.79 Å². The van der Waals surface area contributed by atoms with Crippen molar-refractivity contribution in [3.05, 3.63) is 0 Å². The van der Waals surface area contributed by atoms with Gasteiger partial charge < -0.3 is 4.90 Å². The molecule has 0 saturated carbocycles. The molecule has 2 nitrogen and oxygen atoms in total. The highest BCUT2D eigenvalue weighted by Gasteiger charge is 2.22. The summed E-state index contributed by atoms with van der Waals surface area (Å²) >= 11 is 1.85. The van der Waals surface area contributed by atoms with E-state index in [9.17, 15) is 4.79 Å². The molecule has 0 N–H and O–H groups in total. The zero-order valence-electron chi connectivity index (χ0n) is 7.88. The first-order chi connectivity index (χ1) is 5.75. The van der Waals surface area contributed by atoms with Gasteiger partial charge in [0.15, 0.2) is 0 Å². The van der Waals surface area contributed by atoms with Crippen molar-refractivity contribution in [1.82, 2.24) is 4.90 Å². The predicted molar refractivity (Wildman–Crippen MR) is 53.1 cm³/mol. The van der Waals surface area contributed by atoms with Crippen LogP contribution in [0.4, 0.5) is 0 Å². The molecule has 0 radical (unpaired) electrons. The van der Waals surface area contributed by atoms with Crippen LogP contribution in [0.5, 0.6) is 0 Å². The van der Waals surface area contributed by atoms with Crippen LogP contribution in [0.2, 0.25) is 0 Å². The number of amides is 1. The highest BCUT2D eigenvalue weighted by molar-refractivity contribution is 7.99. The lowest BCUT2D eigenvalue weighted by Gasteiger charge is -2.18. The molecule has 12 heavy (non-hydrogen) atoms. The second-order valence-corrected chi connectivity index (χ2v) is 4.40. The lowest BCUT2D eigenvalue weighted by atomic mass is 10.1. The summed E-state index contributed by atoms with van der Waals surface area (Å²) in [7, 11) is 0. The molecule has 1 saturated heterocycles. The third-order valence-corrected chi connectivity index (χ3v) is 3.17. The summed E-state index contributed by atoms with van der Waals surface area (Å²) in [5.74, 6) is 2.60. The Labute approximate surface area is 78.7 Å². The molecular weight excluding hydrogens is 170 g/mol. The van der Waals surface area contributed by atoms with Crippen molar-refractivity contribution in [3.8, 4) is 0 Å². The Balaban J connectivity index is 2.34. The maximum absolute atomic E-state index is 11.6. The molecule has 0 aromatic heterocycles. The van der Waals surface area contributed by atoms with Gasteiger partial charge in [-0.15, -0.1) is 11.8 Å². The zero-order chi connectivity index (χ0) is 8.97. The van der Waals surface area contributed by atoms with Crippen molar-refractivity contribution in [2.75, 3.05) is 18.2 Å². The van der Waals surface area contributed by atoms with E-state index in [1.165, 1.54) is 0 Å². The molecule has 1 heterocycles. The first-order valence-electron chi connectivity index (χ1n) is 4.62. The van der Waals surface area contributed by atoms with Gasteiger partial charge in [0.25, 0.3) is 0 Å². The van der Waals surface area contributed by atoms with Crippen molar-refractivity contribution in [2.24, 2.45) is 5.92 Å². The van der Waals surface area contributed by atoms with Crippen LogP contribution in [-0.2, 0) is 4.79 Å². The minimum atomic E-state index is 0.230. The van der Waals surface area contributed by atoms with Crippen LogP contribution >= 0.6 is 11.8 Å². The lowest BCUT2D eigenvalue weighted by molar-refractivity contribution is -0.133. The molecule has 1 rings (SSSR count). The normalized spacial score (nSPS) is 19.7. The van der Waals surface area contributed by atoms with Crippen LogP contribution in [0, 0.1) is 5.92 Å². The van der Waals surface area contributed by atoms with E-state index in [1.807, 2.05) is 23.6 Å². The van der Waals surface area contributed by atoms with Gasteiger partial charge in [-0.1, -0.05) is 20.3 Å². The summed E-state index contributed by atoms with van der Waals surface area (Å²) in [6, 6.07) is 0. The molecule has 1 atom stereocenters. The van der Waals surface area contributed by atoms with Gasteiger partial charge in [0.1, 0.15) is 0 Å². The average Bonchev–Trinajstić information content (AvgIpc) is 2.55. The molecule has 3 heteroatoms. The fraction of sp³-hybridized carbons (Fsp3) is 0.889. The third-order valence-electron chi connectivity index (χ3n) is 2.21. The van der Waals surface area contributed by atoms with E-state index in [4.69, 9.17) is 0 Å². The second kappa shape index (κ2) is 4.75. The van der Waals surface area contributed by atoms with Crippen molar-refractivity contribution in [2.45, 2.75) is 26.7 Å². The first-order valence-corrected chi connectivity index (χ1v) is 5.77. The fourth-order valence-corrected chi connectivity index (χ4v) is 2.41. The number of carbonyl (C=O) groups excluding carboxylic acids is 1. The van der Waals surface area contributed by atoms with E-state index in [2.05, 4.69) is 6.92 Å². The number of rotatable bonds is 3. The average molecular weight is 187 g/mol. The molecule has 0 bridgehead atoms. The Morgan fingerprint density at radius 3 is 2.92 bits per heavy atom. The Morgan fingerprint density at radius 2 is 2.42 bits per heavy atom. The summed E-state index contributed by atoms with van der Waals surface area (Å²) in [4.78, 5) is 13.6. The smallest absolute Gasteiger partial charge is 0.226 e. The summed E-state index contributed by atoms with van der Waals surface area (Å²) in [6.07, 6.45) is 2.13. The Hall–Kier alpha value is -0.180. The summed E-state index contributed by atoms with van der Waals surface area (Å²) in [6.45, 7) is 5.12. The SMILES string of the molecule is CCC[C@H](C)C(=O)N1CCSC1. The Kier molecular flexibility index (Phi) is 3.92.